The highest BCUT2D eigenvalue weighted by molar-refractivity contribution is 5.97. The summed E-state index contributed by atoms with van der Waals surface area (Å²) < 4.78 is 28.4. The molecule has 2 fully saturated rings. The molecule has 0 saturated heterocycles. The van der Waals surface area contributed by atoms with Gasteiger partial charge in [0.15, 0.2) is 5.78 Å². The van der Waals surface area contributed by atoms with Gasteiger partial charge in [0.1, 0.15) is 0 Å². The molecule has 150 valence electrons. The van der Waals surface area contributed by atoms with Crippen LogP contribution in [0.5, 0.6) is 0 Å². The van der Waals surface area contributed by atoms with Gasteiger partial charge in [-0.05, 0) is 37.8 Å². The minimum absolute atomic E-state index is 0.0141. The number of carbonyl (C=O) groups is 1. The number of ketones is 1. The summed E-state index contributed by atoms with van der Waals surface area (Å²) in [6, 6.07) is 8.39. The smallest absolute Gasteiger partial charge is 0.248 e. The fourth-order valence-corrected chi connectivity index (χ4v) is 4.30. The van der Waals surface area contributed by atoms with E-state index in [0.29, 0.717) is 31.2 Å². The van der Waals surface area contributed by atoms with Gasteiger partial charge in [-0.25, -0.2) is 8.78 Å². The Labute approximate surface area is 164 Å². The Kier molecular flexibility index (Phi) is 5.08. The molecule has 2 aromatic rings. The average Bonchev–Trinajstić information content (AvgIpc) is 3.34. The lowest BCUT2D eigenvalue weighted by atomic mass is 9.92. The molecule has 4 rings (SSSR count). The summed E-state index contributed by atoms with van der Waals surface area (Å²) in [6.07, 6.45) is 4.31. The molecule has 0 aliphatic heterocycles. The van der Waals surface area contributed by atoms with Gasteiger partial charge in [-0.15, -0.1) is 0 Å². The Bertz CT molecular complexity index is 866. The van der Waals surface area contributed by atoms with Crippen molar-refractivity contribution in [2.75, 3.05) is 0 Å². The molecule has 2 atom stereocenters. The molecule has 2 saturated carbocycles. The third-order valence-corrected chi connectivity index (χ3v) is 6.06. The average molecular weight is 387 g/mol. The summed E-state index contributed by atoms with van der Waals surface area (Å²) in [6.45, 7) is 1.92. The number of Topliss-reactive ketones (excluding diaryl/α,β-unsaturated/α-hetero) is 1. The quantitative estimate of drug-likeness (QED) is 0.757. The lowest BCUT2D eigenvalue weighted by Gasteiger charge is -2.29. The molecule has 28 heavy (non-hydrogen) atoms. The molecule has 1 aromatic heterocycles. The van der Waals surface area contributed by atoms with E-state index in [4.69, 9.17) is 0 Å². The van der Waals surface area contributed by atoms with E-state index in [1.807, 2.05) is 38.4 Å². The molecule has 2 aliphatic carbocycles. The number of aryl methyl sites for hydroxylation is 2. The topological polar surface area (TPSA) is 46.9 Å². The van der Waals surface area contributed by atoms with E-state index in [2.05, 4.69) is 16.5 Å². The molecule has 4 nitrogen and oxygen atoms in total. The molecule has 0 spiro atoms. The van der Waals surface area contributed by atoms with Crippen molar-refractivity contribution in [3.05, 3.63) is 52.8 Å². The second-order valence-corrected chi connectivity index (χ2v) is 8.38. The first-order chi connectivity index (χ1) is 13.3. The number of aromatic nitrogens is 2. The Morgan fingerprint density at radius 3 is 2.75 bits per heavy atom. The third-order valence-electron chi connectivity index (χ3n) is 6.06. The molecule has 0 bridgehead atoms. The van der Waals surface area contributed by atoms with Gasteiger partial charge >= 0.3 is 0 Å². The number of rotatable bonds is 6. The summed E-state index contributed by atoms with van der Waals surface area (Å²) in [7, 11) is 1.86. The minimum Gasteiger partial charge on any atom is -0.311 e. The van der Waals surface area contributed by atoms with Crippen LogP contribution in [0.25, 0.3) is 0 Å². The van der Waals surface area contributed by atoms with E-state index >= 15 is 0 Å². The zero-order valence-electron chi connectivity index (χ0n) is 16.4. The number of alkyl halides is 2. The standard InChI is InChI=1S/C22H27F2N3O/c1-14-17(13-27(2)26-14)11-21(28)16-5-3-4-15(10-16)19-12-20(19)25-18-6-8-22(23,24)9-7-18/h3-5,10,13,18-20,25H,6-9,11-12H2,1-2H3. The van der Waals surface area contributed by atoms with Crippen LogP contribution in [0.2, 0.25) is 0 Å². The van der Waals surface area contributed by atoms with Gasteiger partial charge < -0.3 is 5.32 Å². The van der Waals surface area contributed by atoms with E-state index in [1.165, 1.54) is 0 Å². The van der Waals surface area contributed by atoms with Crippen molar-refractivity contribution < 1.29 is 13.6 Å². The molecule has 1 N–H and O–H groups in total. The minimum atomic E-state index is -2.48. The third kappa shape index (κ3) is 4.32. The van der Waals surface area contributed by atoms with E-state index in [-0.39, 0.29) is 24.7 Å². The van der Waals surface area contributed by atoms with Crippen molar-refractivity contribution in [1.82, 2.24) is 15.1 Å². The van der Waals surface area contributed by atoms with Crippen molar-refractivity contribution in [1.29, 1.82) is 0 Å². The van der Waals surface area contributed by atoms with Crippen molar-refractivity contribution in [2.45, 2.75) is 69.4 Å². The predicted molar refractivity (Wildman–Crippen MR) is 104 cm³/mol. The van der Waals surface area contributed by atoms with Crippen LogP contribution in [-0.4, -0.2) is 33.6 Å². The number of hydrogen-bond donors (Lipinski definition) is 1. The van der Waals surface area contributed by atoms with Crippen LogP contribution in [0.15, 0.2) is 30.5 Å². The van der Waals surface area contributed by atoms with Crippen LogP contribution in [0.3, 0.4) is 0 Å². The maximum atomic E-state index is 13.3. The number of nitrogens with one attached hydrogen (secondary N) is 1. The van der Waals surface area contributed by atoms with Crippen LogP contribution < -0.4 is 5.32 Å². The molecule has 2 aliphatic rings. The number of carbonyl (C=O) groups excluding carboxylic acids is 1. The first-order valence-electron chi connectivity index (χ1n) is 10.1. The van der Waals surface area contributed by atoms with Crippen LogP contribution in [0.1, 0.15) is 65.2 Å². The summed E-state index contributed by atoms with van der Waals surface area (Å²) >= 11 is 0. The van der Waals surface area contributed by atoms with Crippen molar-refractivity contribution in [3.8, 4) is 0 Å². The van der Waals surface area contributed by atoms with E-state index in [0.717, 1.165) is 28.8 Å². The van der Waals surface area contributed by atoms with Gasteiger partial charge in [0.2, 0.25) is 5.92 Å². The molecule has 2 unspecified atom stereocenters. The molecule has 0 amide bonds. The Hall–Kier alpha value is -2.08. The first-order valence-corrected chi connectivity index (χ1v) is 10.1. The number of benzene rings is 1. The van der Waals surface area contributed by atoms with Gasteiger partial charge in [0.05, 0.1) is 5.69 Å². The van der Waals surface area contributed by atoms with Crippen LogP contribution in [0.4, 0.5) is 8.78 Å². The van der Waals surface area contributed by atoms with Crippen molar-refractivity contribution in [2.24, 2.45) is 7.05 Å². The highest BCUT2D eigenvalue weighted by atomic mass is 19.3. The maximum Gasteiger partial charge on any atom is 0.248 e. The van der Waals surface area contributed by atoms with Crippen molar-refractivity contribution >= 4 is 5.78 Å². The normalized spacial score (nSPS) is 24.3. The zero-order chi connectivity index (χ0) is 19.9. The fourth-order valence-electron chi connectivity index (χ4n) is 4.30. The zero-order valence-corrected chi connectivity index (χ0v) is 16.4. The lowest BCUT2D eigenvalue weighted by Crippen LogP contribution is -2.38. The van der Waals surface area contributed by atoms with E-state index in [9.17, 15) is 13.6 Å². The van der Waals surface area contributed by atoms with Gasteiger partial charge in [0, 0.05) is 61.6 Å². The number of halogens is 2. The summed E-state index contributed by atoms with van der Waals surface area (Å²) in [5.41, 5.74) is 3.73. The second-order valence-electron chi connectivity index (χ2n) is 8.38. The first kappa shape index (κ1) is 19.2. The summed E-state index contributed by atoms with van der Waals surface area (Å²) in [4.78, 5) is 12.7. The second kappa shape index (κ2) is 7.39. The predicted octanol–water partition coefficient (Wildman–Crippen LogP) is 4.18. The van der Waals surface area contributed by atoms with Gasteiger partial charge in [-0.2, -0.15) is 5.10 Å². The largest absolute Gasteiger partial charge is 0.311 e. The van der Waals surface area contributed by atoms with Crippen LogP contribution in [-0.2, 0) is 13.5 Å². The highest BCUT2D eigenvalue weighted by Crippen LogP contribution is 2.43. The molecule has 1 aromatic carbocycles. The summed E-state index contributed by atoms with van der Waals surface area (Å²) in [5.74, 6) is -2.02. The molecule has 6 heteroatoms. The maximum absolute atomic E-state index is 13.3. The number of nitrogens with zero attached hydrogens (tertiary/aromatic N) is 2. The highest BCUT2D eigenvalue weighted by Gasteiger charge is 2.42. The van der Waals surface area contributed by atoms with E-state index < -0.39 is 5.92 Å². The Morgan fingerprint density at radius 1 is 1.32 bits per heavy atom. The fraction of sp³-hybridized carbons (Fsp3) is 0.545. The molecular formula is C22H27F2N3O. The van der Waals surface area contributed by atoms with Crippen molar-refractivity contribution in [3.63, 3.8) is 0 Å². The lowest BCUT2D eigenvalue weighted by molar-refractivity contribution is -0.0405. The Balaban J connectivity index is 1.35. The van der Waals surface area contributed by atoms with Gasteiger partial charge in [-0.1, -0.05) is 18.2 Å². The van der Waals surface area contributed by atoms with E-state index in [1.54, 1.807) is 4.68 Å². The Morgan fingerprint density at radius 2 is 2.07 bits per heavy atom. The SMILES string of the molecule is Cc1nn(C)cc1CC(=O)c1cccc(C2CC2NC2CCC(F)(F)CC2)c1. The van der Waals surface area contributed by atoms with Gasteiger partial charge in [-0.3, -0.25) is 9.48 Å². The monoisotopic (exact) mass is 387 g/mol. The molecule has 1 heterocycles. The molecule has 0 radical (unpaired) electrons. The van der Waals surface area contributed by atoms with Gasteiger partial charge in [0.25, 0.3) is 0 Å². The number of hydrogen-bond acceptors (Lipinski definition) is 3. The molecular weight excluding hydrogens is 360 g/mol. The van der Waals surface area contributed by atoms with Crippen LogP contribution >= 0.6 is 0 Å². The van der Waals surface area contributed by atoms with Crippen LogP contribution in [0, 0.1) is 6.92 Å². The summed E-state index contributed by atoms with van der Waals surface area (Å²) in [5, 5.41) is 7.85.